The van der Waals surface area contributed by atoms with Crippen LogP contribution < -0.4 is 20.7 Å². The number of carbonyl (C=O) groups excluding carboxylic acids is 3. The second-order valence-electron chi connectivity index (χ2n) is 10.5. The number of nitrogens with zero attached hydrogens (tertiary/aromatic N) is 1. The lowest BCUT2D eigenvalue weighted by atomic mass is 9.92. The Balaban J connectivity index is 1.59. The minimum absolute atomic E-state index is 0.178. The van der Waals surface area contributed by atoms with E-state index in [1.807, 2.05) is 61.5 Å². The number of aliphatic hydroxyl groups excluding tert-OH is 1. The van der Waals surface area contributed by atoms with Crippen LogP contribution in [0, 0.1) is 5.92 Å². The molecule has 4 atom stereocenters. The molecule has 0 saturated heterocycles. The lowest BCUT2D eigenvalue weighted by Crippen LogP contribution is -2.59. The summed E-state index contributed by atoms with van der Waals surface area (Å²) in [6.07, 6.45) is 3.27. The van der Waals surface area contributed by atoms with Gasteiger partial charge in [-0.15, -0.1) is 0 Å². The molecule has 2 aromatic rings. The highest BCUT2D eigenvalue weighted by atomic mass is 16.5. The van der Waals surface area contributed by atoms with Crippen LogP contribution in [0.2, 0.25) is 0 Å². The maximum absolute atomic E-state index is 13.5. The van der Waals surface area contributed by atoms with Gasteiger partial charge in [0.05, 0.1) is 12.6 Å². The molecule has 4 N–H and O–H groups in total. The molecule has 1 aliphatic heterocycles. The van der Waals surface area contributed by atoms with Crippen LogP contribution in [0.3, 0.4) is 0 Å². The third kappa shape index (κ3) is 7.36. The molecule has 1 aliphatic carbocycles. The highest BCUT2D eigenvalue weighted by Gasteiger charge is 2.40. The lowest BCUT2D eigenvalue weighted by Gasteiger charge is -2.32. The van der Waals surface area contributed by atoms with E-state index in [0.717, 1.165) is 36.1 Å². The van der Waals surface area contributed by atoms with E-state index in [4.69, 9.17) is 4.74 Å². The van der Waals surface area contributed by atoms with Gasteiger partial charge in [0.2, 0.25) is 17.7 Å². The first-order valence-electron chi connectivity index (χ1n) is 13.8. The zero-order valence-corrected chi connectivity index (χ0v) is 22.8. The summed E-state index contributed by atoms with van der Waals surface area (Å²) in [4.78, 5) is 41.6. The number of aryl methyl sites for hydroxylation is 1. The third-order valence-electron chi connectivity index (χ3n) is 7.67. The van der Waals surface area contributed by atoms with Crippen molar-refractivity contribution >= 4 is 17.7 Å². The van der Waals surface area contributed by atoms with Crippen LogP contribution in [0.25, 0.3) is 0 Å². The van der Waals surface area contributed by atoms with Crippen molar-refractivity contribution in [1.82, 2.24) is 20.9 Å². The number of hydrogen-bond donors (Lipinski definition) is 4. The van der Waals surface area contributed by atoms with E-state index in [1.165, 1.54) is 11.9 Å². The maximum atomic E-state index is 13.5. The minimum Gasteiger partial charge on any atom is -0.492 e. The number of likely N-dealkylation sites (N-methyl/N-ethyl adjacent to an activating group) is 1. The zero-order valence-electron chi connectivity index (χ0n) is 22.8. The summed E-state index contributed by atoms with van der Waals surface area (Å²) >= 11 is 0. The Labute approximate surface area is 230 Å². The fraction of sp³-hybridized carbons (Fsp3) is 0.500. The molecule has 210 valence electrons. The van der Waals surface area contributed by atoms with E-state index in [-0.39, 0.29) is 23.7 Å². The third-order valence-corrected chi connectivity index (χ3v) is 7.67. The predicted octanol–water partition coefficient (Wildman–Crippen LogP) is 1.60. The van der Waals surface area contributed by atoms with Gasteiger partial charge in [-0.05, 0) is 48.8 Å². The average molecular weight is 537 g/mol. The second-order valence-corrected chi connectivity index (χ2v) is 10.5. The van der Waals surface area contributed by atoms with Gasteiger partial charge in [-0.1, -0.05) is 55.5 Å². The Morgan fingerprint density at radius 2 is 1.72 bits per heavy atom. The minimum atomic E-state index is -1.12. The maximum Gasteiger partial charge on any atom is 0.245 e. The van der Waals surface area contributed by atoms with Gasteiger partial charge >= 0.3 is 0 Å². The van der Waals surface area contributed by atoms with Gasteiger partial charge in [0, 0.05) is 26.1 Å². The molecule has 4 rings (SSSR count). The number of carbonyl (C=O) groups is 3. The lowest BCUT2D eigenvalue weighted by molar-refractivity contribution is -0.143. The van der Waals surface area contributed by atoms with Crippen LogP contribution in [0.15, 0.2) is 54.6 Å². The first-order chi connectivity index (χ1) is 18.9. The largest absolute Gasteiger partial charge is 0.492 e. The molecule has 1 unspecified atom stereocenters. The number of amides is 3. The summed E-state index contributed by atoms with van der Waals surface area (Å²) in [5.41, 5.74) is 1.95. The average Bonchev–Trinajstić information content (AvgIpc) is 3.79. The van der Waals surface area contributed by atoms with Crippen LogP contribution in [0.4, 0.5) is 0 Å². The predicted molar refractivity (Wildman–Crippen MR) is 148 cm³/mol. The number of hydrogen-bond acceptors (Lipinski definition) is 6. The van der Waals surface area contributed by atoms with Crippen LogP contribution in [-0.4, -0.2) is 79.2 Å². The Morgan fingerprint density at radius 3 is 2.44 bits per heavy atom. The van der Waals surface area contributed by atoms with E-state index < -0.39 is 30.6 Å². The SMILES string of the molecule is CC(c1ccccc1)[C@H]1NC(=O)[C@H](CO)N(C)C(=O)[C@H](C2CC2)NCCOc2ccccc2CCCNC1=O. The van der Waals surface area contributed by atoms with E-state index in [1.54, 1.807) is 0 Å². The van der Waals surface area contributed by atoms with Crippen molar-refractivity contribution in [2.75, 3.05) is 33.4 Å². The Bertz CT molecular complexity index is 1120. The van der Waals surface area contributed by atoms with Gasteiger partial charge in [-0.2, -0.15) is 0 Å². The van der Waals surface area contributed by atoms with Gasteiger partial charge < -0.3 is 30.7 Å². The molecule has 1 heterocycles. The summed E-state index contributed by atoms with van der Waals surface area (Å²) < 4.78 is 6.04. The Morgan fingerprint density at radius 1 is 1.00 bits per heavy atom. The standard InChI is InChI=1S/C30H40N4O5/c1-20(21-9-4-3-5-10-21)26-29(37)32-16-8-12-22-11-6-7-13-25(22)39-18-17-31-27(23-14-15-23)30(38)34(2)24(19-35)28(36)33-26/h3-7,9-11,13,20,23-24,26-27,31,35H,8,12,14-19H2,1-2H3,(H,32,37)(H,33,36)/t20?,24-,26+,27-/m0/s1. The molecule has 39 heavy (non-hydrogen) atoms. The highest BCUT2D eigenvalue weighted by molar-refractivity contribution is 5.93. The summed E-state index contributed by atoms with van der Waals surface area (Å²) in [7, 11) is 1.53. The van der Waals surface area contributed by atoms with Gasteiger partial charge in [0.15, 0.2) is 0 Å². The molecule has 1 saturated carbocycles. The van der Waals surface area contributed by atoms with Crippen molar-refractivity contribution in [2.24, 2.45) is 5.92 Å². The molecule has 9 heteroatoms. The summed E-state index contributed by atoms with van der Waals surface area (Å²) in [5, 5.41) is 19.3. The van der Waals surface area contributed by atoms with Gasteiger partial charge in [-0.25, -0.2) is 0 Å². The topological polar surface area (TPSA) is 120 Å². The Hall–Kier alpha value is -3.43. The number of para-hydroxylation sites is 1. The number of fused-ring (bicyclic) bond motifs is 1. The van der Waals surface area contributed by atoms with Crippen molar-refractivity contribution in [1.29, 1.82) is 0 Å². The van der Waals surface area contributed by atoms with Crippen LogP contribution in [-0.2, 0) is 20.8 Å². The highest BCUT2D eigenvalue weighted by Crippen LogP contribution is 2.33. The van der Waals surface area contributed by atoms with E-state index in [0.29, 0.717) is 26.1 Å². The normalized spacial score (nSPS) is 24.8. The molecule has 3 amide bonds. The van der Waals surface area contributed by atoms with Gasteiger partial charge in [0.25, 0.3) is 0 Å². The van der Waals surface area contributed by atoms with Crippen molar-refractivity contribution in [3.63, 3.8) is 0 Å². The van der Waals surface area contributed by atoms with Gasteiger partial charge in [0.1, 0.15) is 24.4 Å². The van der Waals surface area contributed by atoms with Crippen molar-refractivity contribution in [2.45, 2.75) is 56.7 Å². The zero-order chi connectivity index (χ0) is 27.8. The molecule has 0 spiro atoms. The second kappa shape index (κ2) is 13.6. The van der Waals surface area contributed by atoms with E-state index >= 15 is 0 Å². The van der Waals surface area contributed by atoms with Crippen LogP contribution in [0.5, 0.6) is 5.75 Å². The number of ether oxygens (including phenoxy) is 1. The van der Waals surface area contributed by atoms with Crippen molar-refractivity contribution in [3.8, 4) is 5.75 Å². The summed E-state index contributed by atoms with van der Waals surface area (Å²) in [6.45, 7) is 2.61. The number of nitrogens with one attached hydrogen (secondary N) is 3. The molecular formula is C30H40N4O5. The number of benzene rings is 2. The van der Waals surface area contributed by atoms with Gasteiger partial charge in [-0.3, -0.25) is 14.4 Å². The molecule has 0 bridgehead atoms. The van der Waals surface area contributed by atoms with Crippen molar-refractivity contribution in [3.05, 3.63) is 65.7 Å². The Kier molecular flexibility index (Phi) is 9.95. The fourth-order valence-corrected chi connectivity index (χ4v) is 5.08. The van der Waals surface area contributed by atoms with E-state index in [9.17, 15) is 19.5 Å². The monoisotopic (exact) mass is 536 g/mol. The first-order valence-corrected chi connectivity index (χ1v) is 13.8. The van der Waals surface area contributed by atoms with Crippen LogP contribution in [0.1, 0.15) is 43.2 Å². The first kappa shape index (κ1) is 28.6. The van der Waals surface area contributed by atoms with Crippen molar-refractivity contribution < 1.29 is 24.2 Å². The molecule has 0 aromatic heterocycles. The van der Waals surface area contributed by atoms with E-state index in [2.05, 4.69) is 16.0 Å². The number of rotatable bonds is 4. The quantitative estimate of drug-likeness (QED) is 0.471. The summed E-state index contributed by atoms with van der Waals surface area (Å²) in [5.74, 6) is -0.502. The molecule has 2 aromatic carbocycles. The number of aliphatic hydroxyl groups is 1. The summed E-state index contributed by atoms with van der Waals surface area (Å²) in [6, 6.07) is 14.9. The molecule has 0 radical (unpaired) electrons. The smallest absolute Gasteiger partial charge is 0.245 e. The van der Waals surface area contributed by atoms with Crippen LogP contribution >= 0.6 is 0 Å². The molecule has 1 fully saturated rings. The molecule has 9 nitrogen and oxygen atoms in total. The fourth-order valence-electron chi connectivity index (χ4n) is 5.08. The molecular weight excluding hydrogens is 496 g/mol. The molecule has 2 aliphatic rings.